The number of carbonyl (C=O) groups is 2. The normalized spacial score (nSPS) is 10.4. The predicted molar refractivity (Wildman–Crippen MR) is 118 cm³/mol. The van der Waals surface area contributed by atoms with Gasteiger partial charge in [0.15, 0.2) is 0 Å². The van der Waals surface area contributed by atoms with Crippen LogP contribution in [0, 0.1) is 5.82 Å². The molecule has 0 saturated heterocycles. The van der Waals surface area contributed by atoms with Crippen molar-refractivity contribution in [2.75, 3.05) is 23.3 Å². The average Bonchev–Trinajstić information content (AvgIpc) is 2.74. The van der Waals surface area contributed by atoms with Gasteiger partial charge in [-0.15, -0.1) is 0 Å². The first-order valence-corrected chi connectivity index (χ1v) is 9.82. The minimum Gasteiger partial charge on any atom is -0.350 e. The number of rotatable bonds is 6. The first-order chi connectivity index (χ1) is 14.4. The molecule has 0 bridgehead atoms. The van der Waals surface area contributed by atoms with Crippen LogP contribution in [0.5, 0.6) is 0 Å². The zero-order chi connectivity index (χ0) is 21.5. The van der Waals surface area contributed by atoms with Crippen LogP contribution >= 0.6 is 23.2 Å². The van der Waals surface area contributed by atoms with E-state index in [0.717, 1.165) is 0 Å². The second-order valence-electron chi connectivity index (χ2n) is 6.30. The molecule has 0 atom stereocenters. The van der Waals surface area contributed by atoms with E-state index in [-0.39, 0.29) is 19.0 Å². The Morgan fingerprint density at radius 3 is 2.23 bits per heavy atom. The number of carbonyl (C=O) groups excluding carboxylic acids is 2. The maximum Gasteiger partial charge on any atom is 0.326 e. The Morgan fingerprint density at radius 2 is 1.57 bits per heavy atom. The zero-order valence-corrected chi connectivity index (χ0v) is 17.3. The summed E-state index contributed by atoms with van der Waals surface area (Å²) in [6.07, 6.45) is 0. The Bertz CT molecular complexity index is 1030. The Morgan fingerprint density at radius 1 is 0.900 bits per heavy atom. The number of nitrogens with zero attached hydrogens (tertiary/aromatic N) is 1. The van der Waals surface area contributed by atoms with E-state index in [9.17, 15) is 14.0 Å². The van der Waals surface area contributed by atoms with Crippen LogP contribution in [0.3, 0.4) is 0 Å². The largest absolute Gasteiger partial charge is 0.350 e. The molecule has 154 valence electrons. The number of hydrogen-bond acceptors (Lipinski definition) is 2. The van der Waals surface area contributed by atoms with Crippen molar-refractivity contribution in [1.82, 2.24) is 5.32 Å². The van der Waals surface area contributed by atoms with Crippen molar-refractivity contribution in [1.29, 1.82) is 0 Å². The highest BCUT2D eigenvalue weighted by atomic mass is 35.5. The summed E-state index contributed by atoms with van der Waals surface area (Å²) in [5.41, 5.74) is 1.38. The van der Waals surface area contributed by atoms with Crippen LogP contribution in [0.15, 0.2) is 72.8 Å². The van der Waals surface area contributed by atoms with Gasteiger partial charge in [0, 0.05) is 29.5 Å². The Hall–Kier alpha value is -3.09. The Labute approximate surface area is 183 Å². The molecule has 0 unspecified atom stereocenters. The number of anilines is 2. The molecule has 2 N–H and O–H groups in total. The molecule has 0 aliphatic rings. The first kappa shape index (κ1) is 21.6. The third kappa shape index (κ3) is 5.72. The molecular weight excluding hydrogens is 428 g/mol. The topological polar surface area (TPSA) is 61.4 Å². The summed E-state index contributed by atoms with van der Waals surface area (Å²) in [5, 5.41) is 6.39. The number of hydrogen-bond donors (Lipinski definition) is 2. The predicted octanol–water partition coefficient (Wildman–Crippen LogP) is 5.60. The molecule has 5 nitrogen and oxygen atoms in total. The molecule has 0 aromatic heterocycles. The lowest BCUT2D eigenvalue weighted by Gasteiger charge is -2.23. The van der Waals surface area contributed by atoms with Crippen molar-refractivity contribution in [3.63, 3.8) is 0 Å². The molecule has 30 heavy (non-hydrogen) atoms. The lowest BCUT2D eigenvalue weighted by molar-refractivity contribution is 0.0954. The Balaban J connectivity index is 1.70. The molecule has 3 rings (SSSR count). The molecule has 0 aliphatic heterocycles. The average molecular weight is 446 g/mol. The van der Waals surface area contributed by atoms with Gasteiger partial charge in [0.1, 0.15) is 5.82 Å². The van der Waals surface area contributed by atoms with Crippen molar-refractivity contribution in [3.05, 3.63) is 94.2 Å². The van der Waals surface area contributed by atoms with Gasteiger partial charge in [0.2, 0.25) is 0 Å². The van der Waals surface area contributed by atoms with Crippen molar-refractivity contribution in [2.45, 2.75) is 0 Å². The van der Waals surface area contributed by atoms with Crippen LogP contribution < -0.4 is 15.5 Å². The maximum atomic E-state index is 13.3. The van der Waals surface area contributed by atoms with E-state index < -0.39 is 11.8 Å². The number of amides is 3. The van der Waals surface area contributed by atoms with Gasteiger partial charge in [-0.05, 0) is 60.7 Å². The zero-order valence-electron chi connectivity index (χ0n) is 15.7. The first-order valence-electron chi connectivity index (χ1n) is 9.06. The summed E-state index contributed by atoms with van der Waals surface area (Å²) < 4.78 is 13.3. The van der Waals surface area contributed by atoms with Gasteiger partial charge < -0.3 is 10.6 Å². The molecule has 0 spiro atoms. The molecular formula is C22H18Cl2FN3O2. The fourth-order valence-corrected chi connectivity index (χ4v) is 3.06. The molecule has 0 radical (unpaired) electrons. The van der Waals surface area contributed by atoms with Crippen molar-refractivity contribution in [2.24, 2.45) is 0 Å². The number of nitrogens with one attached hydrogen (secondary N) is 2. The fourth-order valence-electron chi connectivity index (χ4n) is 2.71. The molecule has 0 fully saturated rings. The molecule has 8 heteroatoms. The van der Waals surface area contributed by atoms with Crippen molar-refractivity contribution in [3.8, 4) is 0 Å². The lowest BCUT2D eigenvalue weighted by atomic mass is 10.2. The van der Waals surface area contributed by atoms with E-state index in [0.29, 0.717) is 27.0 Å². The van der Waals surface area contributed by atoms with Crippen LogP contribution in [-0.4, -0.2) is 25.0 Å². The molecule has 0 aliphatic carbocycles. The number of benzene rings is 3. The van der Waals surface area contributed by atoms with Crippen molar-refractivity contribution < 1.29 is 14.0 Å². The summed E-state index contributed by atoms with van der Waals surface area (Å²) in [4.78, 5) is 26.6. The quantitative estimate of drug-likeness (QED) is 0.518. The molecule has 3 aromatic carbocycles. The van der Waals surface area contributed by atoms with Crippen LogP contribution in [0.25, 0.3) is 0 Å². The van der Waals surface area contributed by atoms with E-state index >= 15 is 0 Å². The summed E-state index contributed by atoms with van der Waals surface area (Å²) >= 11 is 11.9. The minimum absolute atomic E-state index is 0.154. The fraction of sp³-hybridized carbons (Fsp3) is 0.0909. The molecule has 0 heterocycles. The van der Waals surface area contributed by atoms with Crippen LogP contribution in [0.4, 0.5) is 20.6 Å². The lowest BCUT2D eigenvalue weighted by Crippen LogP contribution is -2.41. The smallest absolute Gasteiger partial charge is 0.326 e. The van der Waals surface area contributed by atoms with E-state index in [4.69, 9.17) is 23.2 Å². The molecule has 3 amide bonds. The highest BCUT2D eigenvalue weighted by molar-refractivity contribution is 6.33. The number of urea groups is 1. The second-order valence-corrected chi connectivity index (χ2v) is 7.14. The minimum atomic E-state index is -0.434. The highest BCUT2D eigenvalue weighted by Gasteiger charge is 2.17. The highest BCUT2D eigenvalue weighted by Crippen LogP contribution is 2.19. The third-order valence-corrected chi connectivity index (χ3v) is 4.80. The summed E-state index contributed by atoms with van der Waals surface area (Å²) in [5.74, 6) is -0.762. The SMILES string of the molecule is O=C(NCCN(C(=O)Nc1ccc(Cl)cc1)c1ccc(F)cc1)c1ccccc1Cl. The van der Waals surface area contributed by atoms with E-state index in [1.165, 1.54) is 29.2 Å². The van der Waals surface area contributed by atoms with Crippen LogP contribution in [-0.2, 0) is 0 Å². The Kier molecular flexibility index (Phi) is 7.27. The van der Waals surface area contributed by atoms with Gasteiger partial charge in [-0.25, -0.2) is 9.18 Å². The maximum absolute atomic E-state index is 13.3. The van der Waals surface area contributed by atoms with Gasteiger partial charge in [-0.2, -0.15) is 0 Å². The van der Waals surface area contributed by atoms with Gasteiger partial charge in [0.05, 0.1) is 10.6 Å². The monoisotopic (exact) mass is 445 g/mol. The van der Waals surface area contributed by atoms with E-state index in [1.54, 1.807) is 48.5 Å². The van der Waals surface area contributed by atoms with Gasteiger partial charge in [0.25, 0.3) is 5.91 Å². The van der Waals surface area contributed by atoms with Gasteiger partial charge in [-0.3, -0.25) is 9.69 Å². The summed E-state index contributed by atoms with van der Waals surface area (Å²) in [6.45, 7) is 0.316. The van der Waals surface area contributed by atoms with E-state index in [2.05, 4.69) is 10.6 Å². The van der Waals surface area contributed by atoms with Gasteiger partial charge in [-0.1, -0.05) is 35.3 Å². The number of halogens is 3. The molecule has 3 aromatic rings. The van der Waals surface area contributed by atoms with Gasteiger partial charge >= 0.3 is 6.03 Å². The van der Waals surface area contributed by atoms with Crippen LogP contribution in [0.1, 0.15) is 10.4 Å². The van der Waals surface area contributed by atoms with Crippen molar-refractivity contribution >= 4 is 46.5 Å². The van der Waals surface area contributed by atoms with E-state index in [1.807, 2.05) is 0 Å². The summed E-state index contributed by atoms with van der Waals surface area (Å²) in [6, 6.07) is 18.4. The standard InChI is InChI=1S/C22H18Cl2FN3O2/c23-15-5-9-17(10-6-15)27-22(30)28(18-11-7-16(25)8-12-18)14-13-26-21(29)19-3-1-2-4-20(19)24/h1-12H,13-14H2,(H,26,29)(H,27,30). The van der Waals surface area contributed by atoms with Crippen LogP contribution in [0.2, 0.25) is 10.0 Å². The molecule has 0 saturated carbocycles. The third-order valence-electron chi connectivity index (χ3n) is 4.22. The second kappa shape index (κ2) is 10.1. The summed E-state index contributed by atoms with van der Waals surface area (Å²) in [7, 11) is 0.